The molecule has 1 aromatic carbocycles. The van der Waals surface area contributed by atoms with Crippen LogP contribution in [0.1, 0.15) is 5.56 Å². The molecule has 0 spiro atoms. The van der Waals surface area contributed by atoms with Crippen LogP contribution in [0.15, 0.2) is 22.7 Å². The Balaban J connectivity index is 2.85. The lowest BCUT2D eigenvalue weighted by molar-refractivity contribution is -0.146. The number of aliphatic hydroxyl groups is 1. The van der Waals surface area contributed by atoms with Gasteiger partial charge in [0.1, 0.15) is 0 Å². The number of carbonyl (C=O) groups is 1. The van der Waals surface area contributed by atoms with Crippen molar-refractivity contribution in [3.8, 4) is 0 Å². The van der Waals surface area contributed by atoms with E-state index in [0.717, 1.165) is 4.47 Å². The largest absolute Gasteiger partial charge is 0.479 e. The van der Waals surface area contributed by atoms with Crippen LogP contribution in [0, 0.1) is 0 Å². The van der Waals surface area contributed by atoms with Crippen LogP contribution >= 0.6 is 27.5 Å². The number of rotatable bonds is 3. The van der Waals surface area contributed by atoms with Crippen molar-refractivity contribution in [2.75, 3.05) is 0 Å². The maximum absolute atomic E-state index is 10.4. The van der Waals surface area contributed by atoms with Gasteiger partial charge in [0.15, 0.2) is 6.10 Å². The zero-order chi connectivity index (χ0) is 10.7. The fourth-order valence-electron chi connectivity index (χ4n) is 0.995. The number of halogens is 2. The Morgan fingerprint density at radius 1 is 1.57 bits per heavy atom. The van der Waals surface area contributed by atoms with Gasteiger partial charge < -0.3 is 10.2 Å². The number of aliphatic hydroxyl groups excluding tert-OH is 1. The van der Waals surface area contributed by atoms with Crippen molar-refractivity contribution in [1.29, 1.82) is 0 Å². The molecule has 5 heteroatoms. The molecule has 0 fully saturated rings. The third-order valence-electron chi connectivity index (χ3n) is 1.71. The molecule has 1 rings (SSSR count). The second-order valence-corrected chi connectivity index (χ2v) is 4.12. The Labute approximate surface area is 94.4 Å². The highest BCUT2D eigenvalue weighted by Crippen LogP contribution is 2.22. The summed E-state index contributed by atoms with van der Waals surface area (Å²) in [5.41, 5.74) is 0.607. The Morgan fingerprint density at radius 3 is 2.79 bits per heavy atom. The molecule has 1 unspecified atom stereocenters. The molecule has 0 bridgehead atoms. The molecule has 14 heavy (non-hydrogen) atoms. The minimum atomic E-state index is -1.42. The summed E-state index contributed by atoms with van der Waals surface area (Å²) in [6, 6.07) is 5.09. The lowest BCUT2D eigenvalue weighted by Gasteiger charge is -2.07. The zero-order valence-corrected chi connectivity index (χ0v) is 9.42. The summed E-state index contributed by atoms with van der Waals surface area (Å²) in [5, 5.41) is 18.1. The van der Waals surface area contributed by atoms with Gasteiger partial charge in [0.05, 0.1) is 0 Å². The highest BCUT2D eigenvalue weighted by molar-refractivity contribution is 9.10. The number of benzene rings is 1. The molecule has 0 aromatic heterocycles. The molecule has 1 aromatic rings. The van der Waals surface area contributed by atoms with Gasteiger partial charge in [0.25, 0.3) is 0 Å². The molecule has 0 heterocycles. The lowest BCUT2D eigenvalue weighted by Crippen LogP contribution is -2.22. The second-order valence-electron chi connectivity index (χ2n) is 2.79. The van der Waals surface area contributed by atoms with Crippen LogP contribution in [-0.2, 0) is 11.2 Å². The highest BCUT2D eigenvalue weighted by atomic mass is 79.9. The van der Waals surface area contributed by atoms with Crippen molar-refractivity contribution >= 4 is 33.5 Å². The molecular weight excluding hydrogens is 271 g/mol. The summed E-state index contributed by atoms with van der Waals surface area (Å²) >= 11 is 9.06. The first-order chi connectivity index (χ1) is 6.50. The predicted molar refractivity (Wildman–Crippen MR) is 56.5 cm³/mol. The number of carboxylic acid groups (broad SMARTS) is 1. The summed E-state index contributed by atoms with van der Waals surface area (Å²) < 4.78 is 0.800. The molecule has 0 aliphatic heterocycles. The van der Waals surface area contributed by atoms with Crippen molar-refractivity contribution in [3.05, 3.63) is 33.3 Å². The van der Waals surface area contributed by atoms with Gasteiger partial charge in [-0.25, -0.2) is 4.79 Å². The van der Waals surface area contributed by atoms with E-state index in [-0.39, 0.29) is 6.42 Å². The molecule has 76 valence electrons. The molecule has 0 radical (unpaired) electrons. The molecule has 2 N–H and O–H groups in total. The monoisotopic (exact) mass is 278 g/mol. The van der Waals surface area contributed by atoms with Gasteiger partial charge in [-0.3, -0.25) is 0 Å². The number of hydrogen-bond donors (Lipinski definition) is 2. The quantitative estimate of drug-likeness (QED) is 0.891. The zero-order valence-electron chi connectivity index (χ0n) is 7.08. The number of hydrogen-bond acceptors (Lipinski definition) is 2. The van der Waals surface area contributed by atoms with Crippen molar-refractivity contribution in [2.24, 2.45) is 0 Å². The van der Waals surface area contributed by atoms with Crippen LogP contribution in [-0.4, -0.2) is 22.3 Å². The molecule has 1 atom stereocenters. The average Bonchev–Trinajstić information content (AvgIpc) is 2.11. The van der Waals surface area contributed by atoms with Crippen LogP contribution in [0.5, 0.6) is 0 Å². The fraction of sp³-hybridized carbons (Fsp3) is 0.222. The standard InChI is InChI=1S/C9H8BrClO3/c10-6-1-2-7(11)5(3-6)4-8(12)9(13)14/h1-3,8,12H,4H2,(H,13,14). The summed E-state index contributed by atoms with van der Waals surface area (Å²) in [6.45, 7) is 0. The van der Waals surface area contributed by atoms with Gasteiger partial charge in [-0.05, 0) is 23.8 Å². The summed E-state index contributed by atoms with van der Waals surface area (Å²) in [4.78, 5) is 10.4. The van der Waals surface area contributed by atoms with Gasteiger partial charge in [-0.1, -0.05) is 27.5 Å². The van der Waals surface area contributed by atoms with Crippen molar-refractivity contribution in [2.45, 2.75) is 12.5 Å². The topological polar surface area (TPSA) is 57.5 Å². The normalized spacial score (nSPS) is 12.5. The van der Waals surface area contributed by atoms with Gasteiger partial charge >= 0.3 is 5.97 Å². The number of aliphatic carboxylic acids is 1. The van der Waals surface area contributed by atoms with Crippen molar-refractivity contribution < 1.29 is 15.0 Å². The average molecular weight is 280 g/mol. The Bertz CT molecular complexity index is 354. The molecular formula is C9H8BrClO3. The van der Waals surface area contributed by atoms with E-state index in [1.165, 1.54) is 0 Å². The maximum Gasteiger partial charge on any atom is 0.332 e. The Kier molecular flexibility index (Phi) is 3.92. The van der Waals surface area contributed by atoms with Crippen LogP contribution in [0.3, 0.4) is 0 Å². The minimum Gasteiger partial charge on any atom is -0.479 e. The number of carboxylic acids is 1. The molecule has 3 nitrogen and oxygen atoms in total. The summed E-state index contributed by atoms with van der Waals surface area (Å²) in [5.74, 6) is -1.25. The van der Waals surface area contributed by atoms with E-state index in [1.54, 1.807) is 18.2 Å². The van der Waals surface area contributed by atoms with Gasteiger partial charge in [0, 0.05) is 15.9 Å². The third-order valence-corrected chi connectivity index (χ3v) is 2.57. The van der Waals surface area contributed by atoms with E-state index in [0.29, 0.717) is 10.6 Å². The van der Waals surface area contributed by atoms with E-state index in [2.05, 4.69) is 15.9 Å². The maximum atomic E-state index is 10.4. The first-order valence-corrected chi connectivity index (χ1v) is 5.02. The van der Waals surface area contributed by atoms with E-state index in [9.17, 15) is 4.79 Å². The lowest BCUT2D eigenvalue weighted by atomic mass is 10.1. The third kappa shape index (κ3) is 2.97. The molecule has 0 aliphatic carbocycles. The highest BCUT2D eigenvalue weighted by Gasteiger charge is 2.15. The van der Waals surface area contributed by atoms with E-state index in [1.807, 2.05) is 0 Å². The SMILES string of the molecule is O=C(O)C(O)Cc1cc(Br)ccc1Cl. The minimum absolute atomic E-state index is 0.00755. The smallest absolute Gasteiger partial charge is 0.332 e. The van der Waals surface area contributed by atoms with E-state index in [4.69, 9.17) is 21.8 Å². The Hall–Kier alpha value is -0.580. The molecule has 0 saturated heterocycles. The van der Waals surface area contributed by atoms with E-state index >= 15 is 0 Å². The van der Waals surface area contributed by atoms with Crippen molar-refractivity contribution in [3.63, 3.8) is 0 Å². The molecule has 0 saturated carbocycles. The van der Waals surface area contributed by atoms with Crippen molar-refractivity contribution in [1.82, 2.24) is 0 Å². The van der Waals surface area contributed by atoms with Gasteiger partial charge in [-0.2, -0.15) is 0 Å². The molecule has 0 aliphatic rings. The predicted octanol–water partition coefficient (Wildman–Crippen LogP) is 2.09. The fourth-order valence-corrected chi connectivity index (χ4v) is 1.60. The van der Waals surface area contributed by atoms with Gasteiger partial charge in [0.2, 0.25) is 0 Å². The Morgan fingerprint density at radius 2 is 2.21 bits per heavy atom. The summed E-state index contributed by atoms with van der Waals surface area (Å²) in [6.07, 6.45) is -1.41. The van der Waals surface area contributed by atoms with Crippen LogP contribution < -0.4 is 0 Å². The second kappa shape index (κ2) is 4.77. The van der Waals surface area contributed by atoms with Gasteiger partial charge in [-0.15, -0.1) is 0 Å². The van der Waals surface area contributed by atoms with Crippen LogP contribution in [0.4, 0.5) is 0 Å². The first-order valence-electron chi connectivity index (χ1n) is 3.85. The van der Waals surface area contributed by atoms with Crippen LogP contribution in [0.2, 0.25) is 5.02 Å². The van der Waals surface area contributed by atoms with E-state index < -0.39 is 12.1 Å². The summed E-state index contributed by atoms with van der Waals surface area (Å²) in [7, 11) is 0. The first kappa shape index (κ1) is 11.5. The van der Waals surface area contributed by atoms with Crippen LogP contribution in [0.25, 0.3) is 0 Å². The molecule has 0 amide bonds.